The Hall–Kier alpha value is -1.17. The van der Waals surface area contributed by atoms with Gasteiger partial charge in [0, 0.05) is 6.54 Å². The van der Waals surface area contributed by atoms with E-state index < -0.39 is 18.0 Å². The van der Waals surface area contributed by atoms with Crippen LogP contribution >= 0.6 is 11.8 Å². The van der Waals surface area contributed by atoms with Gasteiger partial charge in [-0.1, -0.05) is 6.08 Å². The molecule has 0 aliphatic rings. The quantitative estimate of drug-likeness (QED) is 0.433. The van der Waals surface area contributed by atoms with Crippen LogP contribution in [0.5, 0.6) is 0 Å². The molecule has 0 heterocycles. The zero-order chi connectivity index (χ0) is 13.1. The lowest BCUT2D eigenvalue weighted by molar-refractivity contribution is -0.139. The number of thioether (sulfide) groups is 1. The molecule has 0 saturated heterocycles. The highest BCUT2D eigenvalue weighted by Crippen LogP contribution is 1.98. The van der Waals surface area contributed by atoms with E-state index in [0.717, 1.165) is 18.6 Å². The van der Waals surface area contributed by atoms with Crippen molar-refractivity contribution in [1.82, 2.24) is 10.6 Å². The number of carboxylic acids is 1. The fourth-order valence-corrected chi connectivity index (χ4v) is 1.66. The minimum absolute atomic E-state index is 0.217. The van der Waals surface area contributed by atoms with Crippen LogP contribution in [0.4, 0.5) is 4.79 Å². The van der Waals surface area contributed by atoms with Crippen molar-refractivity contribution in [2.45, 2.75) is 25.3 Å². The second-order valence-corrected chi connectivity index (χ2v) is 4.50. The molecule has 0 aromatic rings. The standard InChI is InChI=1S/C11H20N2O3S/c1-3-6-9(10(14)15)13-11(16)12-7-4-5-8-17-2/h3,9H,1,4-8H2,2H3,(H,14,15)(H2,12,13,16). The average Bonchev–Trinajstić information content (AvgIpc) is 2.28. The summed E-state index contributed by atoms with van der Waals surface area (Å²) < 4.78 is 0. The van der Waals surface area contributed by atoms with Crippen molar-refractivity contribution >= 4 is 23.8 Å². The Labute approximate surface area is 106 Å². The molecule has 0 aliphatic heterocycles. The highest BCUT2D eigenvalue weighted by atomic mass is 32.2. The number of rotatable bonds is 9. The number of carbonyl (C=O) groups excluding carboxylic acids is 1. The molecular formula is C11H20N2O3S. The van der Waals surface area contributed by atoms with E-state index in [1.54, 1.807) is 11.8 Å². The van der Waals surface area contributed by atoms with Gasteiger partial charge in [0.2, 0.25) is 0 Å². The lowest BCUT2D eigenvalue weighted by Crippen LogP contribution is -2.46. The molecule has 1 atom stereocenters. The molecule has 5 nitrogen and oxygen atoms in total. The van der Waals surface area contributed by atoms with Gasteiger partial charge in [-0.2, -0.15) is 11.8 Å². The van der Waals surface area contributed by atoms with Crippen LogP contribution in [0.3, 0.4) is 0 Å². The summed E-state index contributed by atoms with van der Waals surface area (Å²) in [5, 5.41) is 13.8. The van der Waals surface area contributed by atoms with Gasteiger partial charge in [-0.3, -0.25) is 0 Å². The maximum Gasteiger partial charge on any atom is 0.326 e. The smallest absolute Gasteiger partial charge is 0.326 e. The normalized spacial score (nSPS) is 11.6. The minimum atomic E-state index is -1.05. The number of hydrogen-bond donors (Lipinski definition) is 3. The molecule has 0 spiro atoms. The predicted molar refractivity (Wildman–Crippen MR) is 70.4 cm³/mol. The summed E-state index contributed by atoms with van der Waals surface area (Å²) in [5.41, 5.74) is 0. The van der Waals surface area contributed by atoms with Crippen LogP contribution in [-0.2, 0) is 4.79 Å². The molecule has 0 fully saturated rings. The van der Waals surface area contributed by atoms with Gasteiger partial charge in [0.05, 0.1) is 0 Å². The first-order chi connectivity index (χ1) is 8.11. The zero-order valence-corrected chi connectivity index (χ0v) is 10.9. The third-order valence-corrected chi connectivity index (χ3v) is 2.76. The van der Waals surface area contributed by atoms with E-state index in [9.17, 15) is 9.59 Å². The van der Waals surface area contributed by atoms with Crippen LogP contribution in [0.2, 0.25) is 0 Å². The van der Waals surface area contributed by atoms with Crippen molar-refractivity contribution in [2.75, 3.05) is 18.6 Å². The molecular weight excluding hydrogens is 240 g/mol. The molecule has 2 amide bonds. The summed E-state index contributed by atoms with van der Waals surface area (Å²) in [6.07, 6.45) is 5.66. The second-order valence-electron chi connectivity index (χ2n) is 3.52. The Bertz CT molecular complexity index is 259. The van der Waals surface area contributed by atoms with Gasteiger partial charge in [0.1, 0.15) is 6.04 Å². The molecule has 3 N–H and O–H groups in total. The van der Waals surface area contributed by atoms with Gasteiger partial charge in [-0.25, -0.2) is 9.59 Å². The molecule has 0 aromatic carbocycles. The Morgan fingerprint density at radius 1 is 1.47 bits per heavy atom. The Balaban J connectivity index is 3.75. The van der Waals surface area contributed by atoms with Crippen molar-refractivity contribution in [3.8, 4) is 0 Å². The lowest BCUT2D eigenvalue weighted by atomic mass is 10.2. The highest BCUT2D eigenvalue weighted by molar-refractivity contribution is 7.98. The molecule has 17 heavy (non-hydrogen) atoms. The average molecular weight is 260 g/mol. The molecule has 98 valence electrons. The van der Waals surface area contributed by atoms with Crippen LogP contribution in [0.1, 0.15) is 19.3 Å². The summed E-state index contributed by atoms with van der Waals surface area (Å²) in [6.45, 7) is 4.01. The number of carbonyl (C=O) groups is 2. The molecule has 0 rings (SSSR count). The number of nitrogens with one attached hydrogen (secondary N) is 2. The minimum Gasteiger partial charge on any atom is -0.480 e. The highest BCUT2D eigenvalue weighted by Gasteiger charge is 2.17. The van der Waals surface area contributed by atoms with Crippen LogP contribution in [0.25, 0.3) is 0 Å². The van der Waals surface area contributed by atoms with Crippen LogP contribution in [0.15, 0.2) is 12.7 Å². The first-order valence-corrected chi connectivity index (χ1v) is 6.88. The van der Waals surface area contributed by atoms with Gasteiger partial charge in [-0.05, 0) is 31.3 Å². The summed E-state index contributed by atoms with van der Waals surface area (Å²) in [7, 11) is 0. The number of aliphatic carboxylic acids is 1. The Morgan fingerprint density at radius 3 is 2.71 bits per heavy atom. The van der Waals surface area contributed by atoms with E-state index in [2.05, 4.69) is 17.2 Å². The molecule has 1 unspecified atom stereocenters. The molecule has 0 bridgehead atoms. The summed E-state index contributed by atoms with van der Waals surface area (Å²) >= 11 is 1.76. The molecule has 0 saturated carbocycles. The number of unbranched alkanes of at least 4 members (excludes halogenated alkanes) is 1. The van der Waals surface area contributed by atoms with Gasteiger partial charge in [0.15, 0.2) is 0 Å². The second kappa shape index (κ2) is 10.0. The Morgan fingerprint density at radius 2 is 2.18 bits per heavy atom. The Kier molecular flexibility index (Phi) is 9.33. The molecule has 0 aromatic heterocycles. The van der Waals surface area contributed by atoms with Crippen molar-refractivity contribution in [3.63, 3.8) is 0 Å². The largest absolute Gasteiger partial charge is 0.480 e. The third-order valence-electron chi connectivity index (χ3n) is 2.07. The van der Waals surface area contributed by atoms with Crippen molar-refractivity contribution in [2.24, 2.45) is 0 Å². The summed E-state index contributed by atoms with van der Waals surface area (Å²) in [5.74, 6) is 0.0137. The van der Waals surface area contributed by atoms with Gasteiger partial charge in [-0.15, -0.1) is 6.58 Å². The van der Waals surface area contributed by atoms with E-state index >= 15 is 0 Å². The first-order valence-electron chi connectivity index (χ1n) is 5.48. The predicted octanol–water partition coefficient (Wildman–Crippen LogP) is 1.46. The third kappa shape index (κ3) is 8.62. The molecule has 0 aliphatic carbocycles. The zero-order valence-electron chi connectivity index (χ0n) is 10.1. The van der Waals surface area contributed by atoms with Gasteiger partial charge < -0.3 is 15.7 Å². The maximum absolute atomic E-state index is 11.3. The maximum atomic E-state index is 11.3. The van der Waals surface area contributed by atoms with E-state index in [0.29, 0.717) is 6.54 Å². The van der Waals surface area contributed by atoms with Crippen LogP contribution in [0, 0.1) is 0 Å². The van der Waals surface area contributed by atoms with Crippen molar-refractivity contribution in [1.29, 1.82) is 0 Å². The lowest BCUT2D eigenvalue weighted by Gasteiger charge is -2.13. The monoisotopic (exact) mass is 260 g/mol. The topological polar surface area (TPSA) is 78.4 Å². The van der Waals surface area contributed by atoms with Crippen LogP contribution in [-0.4, -0.2) is 41.7 Å². The molecule has 6 heteroatoms. The SMILES string of the molecule is C=CCC(NC(=O)NCCCCSC)C(=O)O. The number of carboxylic acid groups (broad SMARTS) is 1. The summed E-state index contributed by atoms with van der Waals surface area (Å²) in [6, 6.07) is -1.35. The fraction of sp³-hybridized carbons (Fsp3) is 0.636. The van der Waals surface area contributed by atoms with E-state index in [4.69, 9.17) is 5.11 Å². The molecule has 0 radical (unpaired) electrons. The van der Waals surface area contributed by atoms with Crippen molar-refractivity contribution < 1.29 is 14.7 Å². The number of urea groups is 1. The van der Waals surface area contributed by atoms with E-state index in [-0.39, 0.29) is 6.42 Å². The van der Waals surface area contributed by atoms with Gasteiger partial charge >= 0.3 is 12.0 Å². The van der Waals surface area contributed by atoms with E-state index in [1.165, 1.54) is 6.08 Å². The van der Waals surface area contributed by atoms with Crippen LogP contribution < -0.4 is 10.6 Å². The van der Waals surface area contributed by atoms with E-state index in [1.807, 2.05) is 6.26 Å². The van der Waals surface area contributed by atoms with Gasteiger partial charge in [0.25, 0.3) is 0 Å². The summed E-state index contributed by atoms with van der Waals surface area (Å²) in [4.78, 5) is 22.1. The number of hydrogen-bond acceptors (Lipinski definition) is 3. The number of amides is 2. The first kappa shape index (κ1) is 15.8. The fourth-order valence-electron chi connectivity index (χ4n) is 1.17. The van der Waals surface area contributed by atoms with Crippen molar-refractivity contribution in [3.05, 3.63) is 12.7 Å².